The average molecular weight is 420 g/mol. The van der Waals surface area contributed by atoms with Gasteiger partial charge in [-0.1, -0.05) is 29.3 Å². The van der Waals surface area contributed by atoms with Crippen LogP contribution < -0.4 is 5.32 Å². The van der Waals surface area contributed by atoms with Crippen molar-refractivity contribution < 1.29 is 0 Å². The third-order valence-electron chi connectivity index (χ3n) is 3.86. The van der Waals surface area contributed by atoms with Gasteiger partial charge in [0.15, 0.2) is 0 Å². The van der Waals surface area contributed by atoms with E-state index in [4.69, 9.17) is 23.2 Å². The molecule has 3 rings (SSSR count). The third kappa shape index (κ3) is 3.86. The van der Waals surface area contributed by atoms with Crippen LogP contribution in [0.25, 0.3) is 0 Å². The maximum atomic E-state index is 6.51. The summed E-state index contributed by atoms with van der Waals surface area (Å²) in [5.74, 6) is 0. The number of nitrogens with one attached hydrogen (secondary N) is 1. The largest absolute Gasteiger partial charge is 0.315 e. The Balaban J connectivity index is 2.01. The fourth-order valence-electron chi connectivity index (χ4n) is 2.85. The lowest BCUT2D eigenvalue weighted by atomic mass is 10.0. The highest BCUT2D eigenvalue weighted by atomic mass is 79.9. The van der Waals surface area contributed by atoms with Crippen molar-refractivity contribution in [3.63, 3.8) is 0 Å². The molecule has 1 saturated heterocycles. The number of benzene rings is 1. The Morgan fingerprint density at radius 2 is 2.00 bits per heavy atom. The molecule has 1 atom stereocenters. The van der Waals surface area contributed by atoms with Crippen LogP contribution in [-0.2, 0) is 0 Å². The molecule has 0 saturated carbocycles. The van der Waals surface area contributed by atoms with Crippen molar-refractivity contribution in [3.05, 3.63) is 54.6 Å². The SMILES string of the molecule is Clc1ccc(C(c2ccc(Br)s2)N2CCCNCC2)c(Cl)c1. The van der Waals surface area contributed by atoms with Crippen LogP contribution in [0.4, 0.5) is 0 Å². The molecule has 0 radical (unpaired) electrons. The summed E-state index contributed by atoms with van der Waals surface area (Å²) < 4.78 is 1.14. The van der Waals surface area contributed by atoms with E-state index >= 15 is 0 Å². The first-order chi connectivity index (χ1) is 10.6. The molecule has 1 unspecified atom stereocenters. The number of halogens is 3. The van der Waals surface area contributed by atoms with Crippen LogP contribution in [-0.4, -0.2) is 31.1 Å². The molecule has 118 valence electrons. The second-order valence-electron chi connectivity index (χ2n) is 5.35. The minimum Gasteiger partial charge on any atom is -0.315 e. The molecule has 2 nitrogen and oxygen atoms in total. The molecule has 1 N–H and O–H groups in total. The summed E-state index contributed by atoms with van der Waals surface area (Å²) in [4.78, 5) is 3.81. The lowest BCUT2D eigenvalue weighted by Crippen LogP contribution is -2.32. The average Bonchev–Trinajstić information content (AvgIpc) is 2.74. The molecule has 2 heterocycles. The Bertz CT molecular complexity index is 639. The first-order valence-electron chi connectivity index (χ1n) is 7.30. The van der Waals surface area contributed by atoms with E-state index in [2.05, 4.69) is 44.3 Å². The molecule has 0 amide bonds. The normalized spacial score (nSPS) is 18.1. The van der Waals surface area contributed by atoms with Gasteiger partial charge in [-0.15, -0.1) is 11.3 Å². The van der Waals surface area contributed by atoms with E-state index in [1.54, 1.807) is 11.3 Å². The standard InChI is InChI=1S/C16H17BrCl2N2S/c17-15-5-4-14(22-15)16(21-8-1-6-20-7-9-21)12-3-2-11(18)10-13(12)19/h2-5,10,16,20H,1,6-9H2. The summed E-state index contributed by atoms with van der Waals surface area (Å²) in [6.07, 6.45) is 1.15. The van der Waals surface area contributed by atoms with Crippen LogP contribution in [0.3, 0.4) is 0 Å². The molecule has 0 spiro atoms. The topological polar surface area (TPSA) is 15.3 Å². The van der Waals surface area contributed by atoms with Crippen LogP contribution in [0.5, 0.6) is 0 Å². The van der Waals surface area contributed by atoms with Crippen molar-refractivity contribution in [3.8, 4) is 0 Å². The quantitative estimate of drug-likeness (QED) is 0.735. The molecule has 6 heteroatoms. The van der Waals surface area contributed by atoms with E-state index in [0.717, 1.165) is 47.0 Å². The van der Waals surface area contributed by atoms with Crippen molar-refractivity contribution in [2.75, 3.05) is 26.2 Å². The zero-order valence-corrected chi connectivity index (χ0v) is 15.9. The highest BCUT2D eigenvalue weighted by Crippen LogP contribution is 2.39. The van der Waals surface area contributed by atoms with E-state index < -0.39 is 0 Å². The summed E-state index contributed by atoms with van der Waals surface area (Å²) in [7, 11) is 0. The molecule has 2 aromatic rings. The predicted octanol–water partition coefficient (Wildman–Crippen LogP) is 5.20. The van der Waals surface area contributed by atoms with E-state index in [1.807, 2.05) is 12.1 Å². The van der Waals surface area contributed by atoms with Crippen molar-refractivity contribution in [1.29, 1.82) is 0 Å². The van der Waals surface area contributed by atoms with Gasteiger partial charge in [-0.2, -0.15) is 0 Å². The summed E-state index contributed by atoms with van der Waals surface area (Å²) in [5.41, 5.74) is 1.13. The summed E-state index contributed by atoms with van der Waals surface area (Å²) in [6, 6.07) is 10.3. The van der Waals surface area contributed by atoms with Crippen molar-refractivity contribution in [2.45, 2.75) is 12.5 Å². The molecule has 0 aliphatic carbocycles. The lowest BCUT2D eigenvalue weighted by molar-refractivity contribution is 0.244. The van der Waals surface area contributed by atoms with Gasteiger partial charge in [0.2, 0.25) is 0 Å². The third-order valence-corrected chi connectivity index (χ3v) is 6.10. The zero-order valence-electron chi connectivity index (χ0n) is 12.0. The van der Waals surface area contributed by atoms with Crippen LogP contribution in [0.1, 0.15) is 22.9 Å². The Morgan fingerprint density at radius 3 is 2.73 bits per heavy atom. The number of hydrogen-bond acceptors (Lipinski definition) is 3. The van der Waals surface area contributed by atoms with Gasteiger partial charge >= 0.3 is 0 Å². The molecule has 1 aliphatic heterocycles. The van der Waals surface area contributed by atoms with Gasteiger partial charge in [0, 0.05) is 34.6 Å². The van der Waals surface area contributed by atoms with Gasteiger partial charge in [0.05, 0.1) is 9.83 Å². The van der Waals surface area contributed by atoms with Crippen LogP contribution >= 0.6 is 50.5 Å². The molecule has 22 heavy (non-hydrogen) atoms. The second kappa shape index (κ2) is 7.65. The molecule has 1 aliphatic rings. The molecular formula is C16H17BrCl2N2S. The van der Waals surface area contributed by atoms with Crippen molar-refractivity contribution >= 4 is 50.5 Å². The summed E-state index contributed by atoms with van der Waals surface area (Å²) >= 11 is 17.9. The van der Waals surface area contributed by atoms with E-state index in [9.17, 15) is 0 Å². The minimum atomic E-state index is 0.181. The van der Waals surface area contributed by atoms with Gasteiger partial charge in [0.25, 0.3) is 0 Å². The van der Waals surface area contributed by atoms with Crippen LogP contribution in [0, 0.1) is 0 Å². The molecular weight excluding hydrogens is 403 g/mol. The maximum absolute atomic E-state index is 6.51. The van der Waals surface area contributed by atoms with E-state index in [0.29, 0.717) is 5.02 Å². The first kappa shape index (κ1) is 16.7. The Morgan fingerprint density at radius 1 is 1.14 bits per heavy atom. The smallest absolute Gasteiger partial charge is 0.0711 e. The van der Waals surface area contributed by atoms with Gasteiger partial charge in [-0.05, 0) is 58.7 Å². The highest BCUT2D eigenvalue weighted by molar-refractivity contribution is 9.11. The minimum absolute atomic E-state index is 0.181. The number of rotatable bonds is 3. The molecule has 0 bridgehead atoms. The van der Waals surface area contributed by atoms with Gasteiger partial charge in [-0.25, -0.2) is 0 Å². The van der Waals surface area contributed by atoms with Gasteiger partial charge in [0.1, 0.15) is 0 Å². The Kier molecular flexibility index (Phi) is 5.82. The second-order valence-corrected chi connectivity index (χ2v) is 8.69. The number of thiophene rings is 1. The van der Waals surface area contributed by atoms with E-state index in [-0.39, 0.29) is 6.04 Å². The van der Waals surface area contributed by atoms with Crippen LogP contribution in [0.2, 0.25) is 10.0 Å². The summed E-state index contributed by atoms with van der Waals surface area (Å²) in [5, 5.41) is 4.88. The monoisotopic (exact) mass is 418 g/mol. The van der Waals surface area contributed by atoms with Crippen LogP contribution in [0.15, 0.2) is 34.1 Å². The summed E-state index contributed by atoms with van der Waals surface area (Å²) in [6.45, 7) is 4.16. The molecule has 1 aromatic heterocycles. The maximum Gasteiger partial charge on any atom is 0.0711 e. The van der Waals surface area contributed by atoms with Crippen molar-refractivity contribution in [1.82, 2.24) is 10.2 Å². The van der Waals surface area contributed by atoms with Crippen molar-refractivity contribution in [2.24, 2.45) is 0 Å². The fourth-order valence-corrected chi connectivity index (χ4v) is 4.94. The van der Waals surface area contributed by atoms with E-state index in [1.165, 1.54) is 4.88 Å². The Labute approximate surface area is 153 Å². The predicted molar refractivity (Wildman–Crippen MR) is 99.4 cm³/mol. The Hall–Kier alpha value is -0.100. The number of hydrogen-bond donors (Lipinski definition) is 1. The molecule has 1 fully saturated rings. The first-order valence-corrected chi connectivity index (χ1v) is 9.66. The van der Waals surface area contributed by atoms with Gasteiger partial charge < -0.3 is 5.32 Å². The number of nitrogens with zero attached hydrogens (tertiary/aromatic N) is 1. The fraction of sp³-hybridized carbons (Fsp3) is 0.375. The zero-order chi connectivity index (χ0) is 15.5. The highest BCUT2D eigenvalue weighted by Gasteiger charge is 2.26. The lowest BCUT2D eigenvalue weighted by Gasteiger charge is -2.30. The molecule has 1 aromatic carbocycles. The van der Waals surface area contributed by atoms with Gasteiger partial charge in [-0.3, -0.25) is 4.90 Å².